The number of nitrogens with zero attached hydrogens (tertiary/aromatic N) is 4. The van der Waals surface area contributed by atoms with E-state index in [0.717, 1.165) is 43.6 Å². The molecule has 0 spiro atoms. The van der Waals surface area contributed by atoms with Gasteiger partial charge in [-0.15, -0.1) is 0 Å². The van der Waals surface area contributed by atoms with Crippen LogP contribution in [0.5, 0.6) is 0 Å². The van der Waals surface area contributed by atoms with Crippen molar-refractivity contribution in [3.63, 3.8) is 0 Å². The van der Waals surface area contributed by atoms with Gasteiger partial charge in [0.05, 0.1) is 17.2 Å². The Labute approximate surface area is 141 Å². The molecule has 0 amide bonds. The summed E-state index contributed by atoms with van der Waals surface area (Å²) in [6, 6.07) is 4.27. The molecular weight excluding hydrogens is 298 g/mol. The number of hydrogen-bond acceptors (Lipinski definition) is 4. The molecule has 24 heavy (non-hydrogen) atoms. The van der Waals surface area contributed by atoms with Crippen LogP contribution in [0.25, 0.3) is 21.8 Å². The smallest absolute Gasteiger partial charge is 0.132 e. The van der Waals surface area contributed by atoms with Gasteiger partial charge in [-0.25, -0.2) is 4.98 Å². The Hall–Kier alpha value is -2.14. The Morgan fingerprint density at radius 3 is 2.62 bits per heavy atom. The monoisotopic (exact) mass is 321 g/mol. The van der Waals surface area contributed by atoms with E-state index in [4.69, 9.17) is 4.98 Å². The van der Waals surface area contributed by atoms with E-state index < -0.39 is 0 Å². The van der Waals surface area contributed by atoms with Gasteiger partial charge < -0.3 is 9.80 Å². The highest BCUT2D eigenvalue weighted by Crippen LogP contribution is 2.37. The summed E-state index contributed by atoms with van der Waals surface area (Å²) in [6.07, 6.45) is 6.85. The predicted molar refractivity (Wildman–Crippen MR) is 97.7 cm³/mol. The zero-order chi connectivity index (χ0) is 16.1. The summed E-state index contributed by atoms with van der Waals surface area (Å²) in [6.45, 7) is 4.40. The van der Waals surface area contributed by atoms with Crippen molar-refractivity contribution in [1.29, 1.82) is 0 Å². The average molecular weight is 321 g/mol. The number of H-pyrrole nitrogens is 1. The first-order valence-electron chi connectivity index (χ1n) is 9.02. The van der Waals surface area contributed by atoms with Gasteiger partial charge in [-0.3, -0.25) is 5.10 Å². The minimum atomic E-state index is 1.08. The molecule has 1 saturated heterocycles. The van der Waals surface area contributed by atoms with Crippen molar-refractivity contribution in [2.45, 2.75) is 25.7 Å². The summed E-state index contributed by atoms with van der Waals surface area (Å²) in [5.74, 6) is 1.24. The Balaban J connectivity index is 1.75. The van der Waals surface area contributed by atoms with Gasteiger partial charge in [0.1, 0.15) is 5.82 Å². The van der Waals surface area contributed by atoms with E-state index in [1.54, 1.807) is 0 Å². The normalized spacial score (nSPS) is 19.1. The predicted octanol–water partition coefficient (Wildman–Crippen LogP) is 2.74. The highest BCUT2D eigenvalue weighted by atomic mass is 15.3. The number of likely N-dealkylation sites (N-methyl/N-ethyl adjacent to an activating group) is 1. The molecule has 3 aromatic rings. The van der Waals surface area contributed by atoms with Crippen molar-refractivity contribution in [2.24, 2.45) is 0 Å². The summed E-state index contributed by atoms with van der Waals surface area (Å²) in [4.78, 5) is 10.0. The van der Waals surface area contributed by atoms with Gasteiger partial charge in [-0.1, -0.05) is 0 Å². The third-order valence-electron chi connectivity index (χ3n) is 5.67. The Morgan fingerprint density at radius 2 is 1.79 bits per heavy atom. The van der Waals surface area contributed by atoms with Crippen LogP contribution in [0.4, 0.5) is 5.82 Å². The largest absolute Gasteiger partial charge is 0.354 e. The first kappa shape index (κ1) is 14.2. The summed E-state index contributed by atoms with van der Waals surface area (Å²) >= 11 is 0. The molecule has 124 valence electrons. The lowest BCUT2D eigenvalue weighted by atomic mass is 9.88. The van der Waals surface area contributed by atoms with Gasteiger partial charge in [-0.2, -0.15) is 5.10 Å². The van der Waals surface area contributed by atoms with Crippen LogP contribution in [0.2, 0.25) is 0 Å². The second-order valence-electron chi connectivity index (χ2n) is 7.18. The van der Waals surface area contributed by atoms with Crippen LogP contribution in [-0.4, -0.2) is 53.3 Å². The fourth-order valence-corrected chi connectivity index (χ4v) is 4.31. The van der Waals surface area contributed by atoms with Crippen LogP contribution in [0.3, 0.4) is 0 Å². The number of aryl methyl sites for hydroxylation is 1. The summed E-state index contributed by atoms with van der Waals surface area (Å²) in [5.41, 5.74) is 5.25. The number of pyridine rings is 1. The Bertz CT molecular complexity index is 905. The number of aromatic nitrogens is 3. The van der Waals surface area contributed by atoms with Gasteiger partial charge in [0.15, 0.2) is 0 Å². The molecular formula is C19H23N5. The molecule has 3 heterocycles. The number of rotatable bonds is 1. The van der Waals surface area contributed by atoms with Gasteiger partial charge in [-0.05, 0) is 56.0 Å². The van der Waals surface area contributed by atoms with Crippen LogP contribution < -0.4 is 4.90 Å². The second kappa shape index (κ2) is 5.45. The van der Waals surface area contributed by atoms with Crippen LogP contribution in [-0.2, 0) is 12.8 Å². The lowest BCUT2D eigenvalue weighted by Crippen LogP contribution is -2.45. The van der Waals surface area contributed by atoms with Crippen LogP contribution in [0.15, 0.2) is 18.3 Å². The lowest BCUT2D eigenvalue weighted by molar-refractivity contribution is 0.312. The van der Waals surface area contributed by atoms with Gasteiger partial charge >= 0.3 is 0 Å². The number of nitrogens with one attached hydrogen (secondary N) is 1. The minimum Gasteiger partial charge on any atom is -0.354 e. The molecule has 1 aliphatic heterocycles. The molecule has 1 aliphatic carbocycles. The molecule has 0 atom stereocenters. The molecule has 5 rings (SSSR count). The molecule has 1 N–H and O–H groups in total. The molecule has 0 radical (unpaired) electrons. The van der Waals surface area contributed by atoms with Crippen LogP contribution in [0.1, 0.15) is 24.0 Å². The van der Waals surface area contributed by atoms with E-state index >= 15 is 0 Å². The zero-order valence-corrected chi connectivity index (χ0v) is 14.2. The molecule has 1 fully saturated rings. The fraction of sp³-hybridized carbons (Fsp3) is 0.474. The lowest BCUT2D eigenvalue weighted by Gasteiger charge is -2.35. The van der Waals surface area contributed by atoms with Gasteiger partial charge in [0, 0.05) is 37.0 Å². The standard InChI is InChI=1S/C19H23N5/c1-23-8-10-24(11-9-23)19-14-5-3-2-4-13(14)18-15-12-20-22-16(15)6-7-17(18)21-19/h6-7,12H,2-5,8-11H2,1H3,(H,20,22). The first-order valence-corrected chi connectivity index (χ1v) is 9.02. The highest BCUT2D eigenvalue weighted by Gasteiger charge is 2.24. The van der Waals surface area contributed by atoms with E-state index in [1.807, 2.05) is 6.20 Å². The molecule has 0 unspecified atom stereocenters. The maximum Gasteiger partial charge on any atom is 0.132 e. The maximum atomic E-state index is 5.13. The van der Waals surface area contributed by atoms with E-state index in [9.17, 15) is 0 Å². The third-order valence-corrected chi connectivity index (χ3v) is 5.67. The van der Waals surface area contributed by atoms with Crippen LogP contribution in [0, 0.1) is 0 Å². The van der Waals surface area contributed by atoms with E-state index in [0.29, 0.717) is 0 Å². The Morgan fingerprint density at radius 1 is 1.00 bits per heavy atom. The first-order chi connectivity index (χ1) is 11.8. The molecule has 2 aliphatic rings. The number of hydrogen-bond donors (Lipinski definition) is 1. The quantitative estimate of drug-likeness (QED) is 0.749. The molecule has 2 aromatic heterocycles. The van der Waals surface area contributed by atoms with Gasteiger partial charge in [0.25, 0.3) is 0 Å². The van der Waals surface area contributed by atoms with Gasteiger partial charge in [0.2, 0.25) is 0 Å². The van der Waals surface area contributed by atoms with Crippen molar-refractivity contribution in [1.82, 2.24) is 20.1 Å². The number of aromatic amines is 1. The summed E-state index contributed by atoms with van der Waals surface area (Å²) < 4.78 is 0. The number of piperazine rings is 1. The average Bonchev–Trinajstić information content (AvgIpc) is 3.10. The summed E-state index contributed by atoms with van der Waals surface area (Å²) in [5, 5.41) is 9.91. The van der Waals surface area contributed by atoms with Crippen molar-refractivity contribution < 1.29 is 0 Å². The topological polar surface area (TPSA) is 48.0 Å². The molecule has 0 saturated carbocycles. The van der Waals surface area contributed by atoms with E-state index in [1.165, 1.54) is 47.0 Å². The number of benzene rings is 1. The van der Waals surface area contributed by atoms with Crippen molar-refractivity contribution in [3.8, 4) is 0 Å². The molecule has 1 aromatic carbocycles. The number of fused-ring (bicyclic) bond motifs is 5. The van der Waals surface area contributed by atoms with Crippen molar-refractivity contribution in [2.75, 3.05) is 38.1 Å². The maximum absolute atomic E-state index is 5.13. The highest BCUT2D eigenvalue weighted by molar-refractivity contribution is 6.07. The summed E-state index contributed by atoms with van der Waals surface area (Å²) in [7, 11) is 2.20. The van der Waals surface area contributed by atoms with Crippen molar-refractivity contribution >= 4 is 27.6 Å². The Kier molecular flexibility index (Phi) is 3.23. The minimum absolute atomic E-state index is 1.08. The number of anilines is 1. The third kappa shape index (κ3) is 2.11. The molecule has 5 nitrogen and oxygen atoms in total. The van der Waals surface area contributed by atoms with Crippen molar-refractivity contribution in [3.05, 3.63) is 29.5 Å². The molecule has 5 heteroatoms. The SMILES string of the molecule is CN1CCN(c2nc3ccc4[nH]ncc4c3c3c2CCCC3)CC1. The van der Waals surface area contributed by atoms with E-state index in [-0.39, 0.29) is 0 Å². The zero-order valence-electron chi connectivity index (χ0n) is 14.2. The fourth-order valence-electron chi connectivity index (χ4n) is 4.31. The molecule has 0 bridgehead atoms. The van der Waals surface area contributed by atoms with Crippen LogP contribution >= 0.6 is 0 Å². The van der Waals surface area contributed by atoms with E-state index in [2.05, 4.69) is 39.2 Å². The second-order valence-corrected chi connectivity index (χ2v) is 7.18.